The van der Waals surface area contributed by atoms with Crippen molar-refractivity contribution in [3.63, 3.8) is 0 Å². The maximum absolute atomic E-state index is 8.15. The number of hydrogen-bond donors (Lipinski definition) is 0. The van der Waals surface area contributed by atoms with E-state index in [0.29, 0.717) is 6.54 Å². The molecule has 0 aliphatic rings. The van der Waals surface area contributed by atoms with Crippen LogP contribution in [0.2, 0.25) is 0 Å². The number of ether oxygens (including phenoxy) is 1. The van der Waals surface area contributed by atoms with Crippen LogP contribution in [0.15, 0.2) is 47.6 Å². The number of azide groups is 1. The third-order valence-electron chi connectivity index (χ3n) is 2.76. The largest absolute Gasteiger partial charge is 0.373 e. The summed E-state index contributed by atoms with van der Waals surface area (Å²) in [4.78, 5) is 2.69. The van der Waals surface area contributed by atoms with E-state index in [-0.39, 0.29) is 5.60 Å². The van der Waals surface area contributed by atoms with Crippen molar-refractivity contribution in [2.75, 3.05) is 13.7 Å². The van der Waals surface area contributed by atoms with E-state index in [1.165, 1.54) is 0 Å². The summed E-state index contributed by atoms with van der Waals surface area (Å²) in [7, 11) is 1.70. The van der Waals surface area contributed by atoms with Crippen molar-refractivity contribution in [3.8, 4) is 0 Å². The molecule has 0 saturated heterocycles. The quantitative estimate of drug-likeness (QED) is 0.318. The van der Waals surface area contributed by atoms with Gasteiger partial charge in [0.15, 0.2) is 0 Å². The smallest absolute Gasteiger partial charge is 0.0933 e. The molecule has 4 nitrogen and oxygen atoms in total. The summed E-state index contributed by atoms with van der Waals surface area (Å²) in [6.45, 7) is 2.42. The first-order chi connectivity index (χ1) is 8.23. The second-order valence-electron chi connectivity index (χ2n) is 3.89. The van der Waals surface area contributed by atoms with Crippen LogP contribution in [0.5, 0.6) is 0 Å². The highest BCUT2D eigenvalue weighted by atomic mass is 16.5. The Hall–Kier alpha value is -1.77. The standard InChI is InChI=1S/C13H17N3O/c1-13(17-2,10-6-7-11-15-16-14)12-8-4-3-5-9-12/h3-9H,10-11H2,1-2H3/b7-6+. The highest BCUT2D eigenvalue weighted by Gasteiger charge is 2.23. The zero-order chi connectivity index (χ0) is 12.6. The lowest BCUT2D eigenvalue weighted by atomic mass is 9.92. The van der Waals surface area contributed by atoms with Crippen LogP contribution in [0, 0.1) is 0 Å². The topological polar surface area (TPSA) is 58.0 Å². The molecule has 1 unspecified atom stereocenters. The predicted octanol–water partition coefficient (Wildman–Crippen LogP) is 3.80. The first-order valence-corrected chi connectivity index (χ1v) is 5.49. The van der Waals surface area contributed by atoms with Gasteiger partial charge in [-0.15, -0.1) is 0 Å². The Morgan fingerprint density at radius 3 is 2.65 bits per heavy atom. The zero-order valence-electron chi connectivity index (χ0n) is 10.2. The van der Waals surface area contributed by atoms with Crippen LogP contribution < -0.4 is 0 Å². The van der Waals surface area contributed by atoms with E-state index in [1.54, 1.807) is 7.11 Å². The first kappa shape index (κ1) is 13.3. The van der Waals surface area contributed by atoms with Crippen LogP contribution in [-0.2, 0) is 10.3 Å². The fourth-order valence-electron chi connectivity index (χ4n) is 1.58. The minimum Gasteiger partial charge on any atom is -0.373 e. The van der Waals surface area contributed by atoms with Gasteiger partial charge < -0.3 is 4.74 Å². The Balaban J connectivity index is 2.69. The molecule has 0 aliphatic carbocycles. The minimum absolute atomic E-state index is 0.339. The lowest BCUT2D eigenvalue weighted by Crippen LogP contribution is -2.23. The van der Waals surface area contributed by atoms with E-state index < -0.39 is 0 Å². The van der Waals surface area contributed by atoms with Gasteiger partial charge in [-0.2, -0.15) is 0 Å². The number of benzene rings is 1. The average Bonchev–Trinajstić information content (AvgIpc) is 2.39. The Kier molecular flexibility index (Phi) is 5.27. The summed E-state index contributed by atoms with van der Waals surface area (Å²) in [6, 6.07) is 10.1. The molecule has 1 rings (SSSR count). The molecule has 0 heterocycles. The SMILES string of the molecule is COC(C)(C/C=C/CN=[N+]=[N-])c1ccccc1. The Bertz CT molecular complexity index is 410. The summed E-state index contributed by atoms with van der Waals surface area (Å²) in [5, 5.41) is 3.44. The fourth-order valence-corrected chi connectivity index (χ4v) is 1.58. The summed E-state index contributed by atoms with van der Waals surface area (Å²) in [6.07, 6.45) is 4.57. The van der Waals surface area contributed by atoms with Gasteiger partial charge in [0.1, 0.15) is 0 Å². The second kappa shape index (κ2) is 6.74. The van der Waals surface area contributed by atoms with Crippen LogP contribution in [0.4, 0.5) is 0 Å². The molecule has 0 amide bonds. The van der Waals surface area contributed by atoms with Crippen LogP contribution in [0.3, 0.4) is 0 Å². The van der Waals surface area contributed by atoms with E-state index in [2.05, 4.69) is 10.0 Å². The normalized spacial score (nSPS) is 14.2. The second-order valence-corrected chi connectivity index (χ2v) is 3.89. The van der Waals surface area contributed by atoms with Crippen LogP contribution in [-0.4, -0.2) is 13.7 Å². The van der Waals surface area contributed by atoms with Gasteiger partial charge in [-0.25, -0.2) is 0 Å². The van der Waals surface area contributed by atoms with E-state index in [9.17, 15) is 0 Å². The lowest BCUT2D eigenvalue weighted by Gasteiger charge is -2.27. The fraction of sp³-hybridized carbons (Fsp3) is 0.385. The summed E-state index contributed by atoms with van der Waals surface area (Å²) < 4.78 is 5.58. The third-order valence-corrected chi connectivity index (χ3v) is 2.76. The maximum atomic E-state index is 8.15. The Morgan fingerprint density at radius 2 is 2.06 bits per heavy atom. The minimum atomic E-state index is -0.339. The molecule has 0 saturated carbocycles. The van der Waals surface area contributed by atoms with Gasteiger partial charge in [0.2, 0.25) is 0 Å². The van der Waals surface area contributed by atoms with Gasteiger partial charge in [-0.1, -0.05) is 47.6 Å². The average molecular weight is 231 g/mol. The van der Waals surface area contributed by atoms with Crippen molar-refractivity contribution in [2.45, 2.75) is 18.9 Å². The summed E-state index contributed by atoms with van der Waals surface area (Å²) in [5.74, 6) is 0. The van der Waals surface area contributed by atoms with Crippen molar-refractivity contribution >= 4 is 0 Å². The van der Waals surface area contributed by atoms with Crippen molar-refractivity contribution in [1.82, 2.24) is 0 Å². The molecule has 0 aliphatic heterocycles. The predicted molar refractivity (Wildman–Crippen MR) is 68.6 cm³/mol. The van der Waals surface area contributed by atoms with Gasteiger partial charge in [-0.3, -0.25) is 0 Å². The highest BCUT2D eigenvalue weighted by molar-refractivity contribution is 5.22. The molecular formula is C13H17N3O. The molecule has 0 aromatic heterocycles. The molecule has 0 bridgehead atoms. The number of rotatable bonds is 6. The maximum Gasteiger partial charge on any atom is 0.0933 e. The molecule has 90 valence electrons. The summed E-state index contributed by atoms with van der Waals surface area (Å²) >= 11 is 0. The van der Waals surface area contributed by atoms with E-state index >= 15 is 0 Å². The molecule has 0 fully saturated rings. The van der Waals surface area contributed by atoms with Crippen LogP contribution in [0.25, 0.3) is 10.4 Å². The van der Waals surface area contributed by atoms with Gasteiger partial charge in [0.05, 0.1) is 5.60 Å². The van der Waals surface area contributed by atoms with Crippen LogP contribution >= 0.6 is 0 Å². The molecule has 1 aromatic rings. The monoisotopic (exact) mass is 231 g/mol. The number of hydrogen-bond acceptors (Lipinski definition) is 2. The van der Waals surface area contributed by atoms with Gasteiger partial charge in [0.25, 0.3) is 0 Å². The number of nitrogens with zero attached hydrogens (tertiary/aromatic N) is 3. The zero-order valence-corrected chi connectivity index (χ0v) is 10.2. The molecular weight excluding hydrogens is 214 g/mol. The molecule has 17 heavy (non-hydrogen) atoms. The van der Waals surface area contributed by atoms with E-state index in [4.69, 9.17) is 10.3 Å². The Morgan fingerprint density at radius 1 is 1.35 bits per heavy atom. The van der Waals surface area contributed by atoms with E-state index in [1.807, 2.05) is 49.4 Å². The molecule has 0 radical (unpaired) electrons. The summed E-state index contributed by atoms with van der Waals surface area (Å²) in [5.41, 5.74) is 8.95. The third kappa shape index (κ3) is 3.94. The molecule has 4 heteroatoms. The van der Waals surface area contributed by atoms with E-state index in [0.717, 1.165) is 12.0 Å². The molecule has 0 spiro atoms. The van der Waals surface area contributed by atoms with Gasteiger partial charge in [-0.05, 0) is 24.4 Å². The van der Waals surface area contributed by atoms with Crippen LogP contribution in [0.1, 0.15) is 18.9 Å². The first-order valence-electron chi connectivity index (χ1n) is 5.49. The van der Waals surface area contributed by atoms with Crippen molar-refractivity contribution in [2.24, 2.45) is 5.11 Å². The number of methoxy groups -OCH3 is 1. The Labute approximate surface area is 102 Å². The van der Waals surface area contributed by atoms with Crippen molar-refractivity contribution in [3.05, 3.63) is 58.5 Å². The van der Waals surface area contributed by atoms with Crippen molar-refractivity contribution in [1.29, 1.82) is 0 Å². The lowest BCUT2D eigenvalue weighted by molar-refractivity contribution is 0.00452. The molecule has 1 aromatic carbocycles. The highest BCUT2D eigenvalue weighted by Crippen LogP contribution is 2.28. The molecule has 1 atom stereocenters. The van der Waals surface area contributed by atoms with Gasteiger partial charge >= 0.3 is 0 Å². The molecule has 0 N–H and O–H groups in total. The van der Waals surface area contributed by atoms with Crippen molar-refractivity contribution < 1.29 is 4.74 Å². The van der Waals surface area contributed by atoms with Gasteiger partial charge in [0, 0.05) is 18.6 Å².